The van der Waals surface area contributed by atoms with Crippen LogP contribution in [0.1, 0.15) is 17.3 Å². The van der Waals surface area contributed by atoms with Crippen molar-refractivity contribution in [3.8, 4) is 0 Å². The first kappa shape index (κ1) is 13.7. The van der Waals surface area contributed by atoms with E-state index in [2.05, 4.69) is 42.3 Å². The molecule has 0 radical (unpaired) electrons. The molecule has 0 aliphatic rings. The van der Waals surface area contributed by atoms with E-state index in [4.69, 9.17) is 0 Å². The van der Waals surface area contributed by atoms with Gasteiger partial charge in [0.2, 0.25) is 0 Å². The number of aryl methyl sites for hydroxylation is 1. The Bertz CT molecular complexity index is 549. The molecule has 0 spiro atoms. The van der Waals surface area contributed by atoms with Crippen molar-refractivity contribution in [1.29, 1.82) is 0 Å². The zero-order chi connectivity index (χ0) is 13.3. The standard InChI is InChI=1S/C12H12Br2FN3/c1-16-11(12-9(14)6-17-18(12)2)8-5-7(13)3-4-10(8)15/h3-6,11,16H,1-2H3. The molecular formula is C12H12Br2FN3. The minimum atomic E-state index is -0.260. The normalized spacial score (nSPS) is 12.7. The fraction of sp³-hybridized carbons (Fsp3) is 0.250. The van der Waals surface area contributed by atoms with Crippen molar-refractivity contribution in [3.63, 3.8) is 0 Å². The van der Waals surface area contributed by atoms with E-state index in [0.717, 1.165) is 14.6 Å². The summed E-state index contributed by atoms with van der Waals surface area (Å²) in [6.07, 6.45) is 1.70. The molecule has 1 aromatic heterocycles. The monoisotopic (exact) mass is 375 g/mol. The predicted octanol–water partition coefficient (Wildman–Crippen LogP) is 3.39. The van der Waals surface area contributed by atoms with E-state index < -0.39 is 0 Å². The van der Waals surface area contributed by atoms with Crippen LogP contribution in [-0.4, -0.2) is 16.8 Å². The van der Waals surface area contributed by atoms with Crippen LogP contribution in [0.4, 0.5) is 4.39 Å². The molecule has 0 aliphatic heterocycles. The Balaban J connectivity index is 2.55. The zero-order valence-electron chi connectivity index (χ0n) is 9.92. The van der Waals surface area contributed by atoms with Crippen LogP contribution in [0.25, 0.3) is 0 Å². The van der Waals surface area contributed by atoms with Crippen molar-refractivity contribution in [2.75, 3.05) is 7.05 Å². The third-order valence-electron chi connectivity index (χ3n) is 2.77. The van der Waals surface area contributed by atoms with Gasteiger partial charge in [0, 0.05) is 17.1 Å². The molecule has 3 nitrogen and oxygen atoms in total. The van der Waals surface area contributed by atoms with E-state index in [1.54, 1.807) is 30.1 Å². The molecular weight excluding hydrogens is 365 g/mol. The van der Waals surface area contributed by atoms with E-state index >= 15 is 0 Å². The molecule has 1 unspecified atom stereocenters. The van der Waals surface area contributed by atoms with Gasteiger partial charge in [0.05, 0.1) is 22.4 Å². The highest BCUT2D eigenvalue weighted by Gasteiger charge is 2.22. The Labute approximate surface area is 122 Å². The van der Waals surface area contributed by atoms with Gasteiger partial charge in [-0.3, -0.25) is 4.68 Å². The van der Waals surface area contributed by atoms with Crippen molar-refractivity contribution < 1.29 is 4.39 Å². The Morgan fingerprint density at radius 1 is 1.39 bits per heavy atom. The first-order chi connectivity index (χ1) is 8.54. The topological polar surface area (TPSA) is 29.9 Å². The number of rotatable bonds is 3. The van der Waals surface area contributed by atoms with Crippen LogP contribution < -0.4 is 5.32 Å². The fourth-order valence-corrected chi connectivity index (χ4v) is 2.88. The highest BCUT2D eigenvalue weighted by atomic mass is 79.9. The average Bonchev–Trinajstić information content (AvgIpc) is 2.66. The Kier molecular flexibility index (Phi) is 4.19. The van der Waals surface area contributed by atoms with Gasteiger partial charge in [-0.05, 0) is 41.2 Å². The molecule has 0 bridgehead atoms. The van der Waals surface area contributed by atoms with E-state index in [9.17, 15) is 4.39 Å². The third-order valence-corrected chi connectivity index (χ3v) is 3.87. The minimum Gasteiger partial charge on any atom is -0.308 e. The first-order valence-electron chi connectivity index (χ1n) is 5.34. The third kappa shape index (κ3) is 2.50. The Hall–Kier alpha value is -0.720. The van der Waals surface area contributed by atoms with Gasteiger partial charge in [-0.1, -0.05) is 15.9 Å². The van der Waals surface area contributed by atoms with E-state index in [1.807, 2.05) is 7.05 Å². The zero-order valence-corrected chi connectivity index (χ0v) is 13.1. The quantitative estimate of drug-likeness (QED) is 0.889. The van der Waals surface area contributed by atoms with Crippen LogP contribution in [0.5, 0.6) is 0 Å². The summed E-state index contributed by atoms with van der Waals surface area (Å²) in [6.45, 7) is 0. The molecule has 2 rings (SSSR count). The van der Waals surface area contributed by atoms with Gasteiger partial charge in [-0.2, -0.15) is 5.10 Å². The van der Waals surface area contributed by atoms with Crippen molar-refractivity contribution in [3.05, 3.63) is 50.4 Å². The molecule has 0 saturated heterocycles. The Morgan fingerprint density at radius 2 is 2.11 bits per heavy atom. The molecule has 18 heavy (non-hydrogen) atoms. The maximum absolute atomic E-state index is 14.0. The lowest BCUT2D eigenvalue weighted by Gasteiger charge is -2.18. The first-order valence-corrected chi connectivity index (χ1v) is 6.92. The summed E-state index contributed by atoms with van der Waals surface area (Å²) < 4.78 is 17.4. The molecule has 0 amide bonds. The average molecular weight is 377 g/mol. The van der Waals surface area contributed by atoms with Crippen LogP contribution in [0.3, 0.4) is 0 Å². The second-order valence-corrected chi connectivity index (χ2v) is 5.66. The highest BCUT2D eigenvalue weighted by Crippen LogP contribution is 2.30. The van der Waals surface area contributed by atoms with Crippen molar-refractivity contribution >= 4 is 31.9 Å². The summed E-state index contributed by atoms with van der Waals surface area (Å²) in [4.78, 5) is 0. The van der Waals surface area contributed by atoms with Crippen LogP contribution in [0.15, 0.2) is 33.3 Å². The molecule has 2 aromatic rings. The molecule has 0 fully saturated rings. The maximum atomic E-state index is 14.0. The van der Waals surface area contributed by atoms with Crippen molar-refractivity contribution in [1.82, 2.24) is 15.1 Å². The molecule has 1 aromatic carbocycles. The molecule has 6 heteroatoms. The van der Waals surface area contributed by atoms with Crippen LogP contribution in [0, 0.1) is 5.82 Å². The number of hydrogen-bond acceptors (Lipinski definition) is 2. The summed E-state index contributed by atoms with van der Waals surface area (Å²) in [5, 5.41) is 7.28. The lowest BCUT2D eigenvalue weighted by atomic mass is 10.0. The summed E-state index contributed by atoms with van der Waals surface area (Å²) in [6, 6.07) is 4.65. The van der Waals surface area contributed by atoms with Crippen LogP contribution in [-0.2, 0) is 7.05 Å². The van der Waals surface area contributed by atoms with Gasteiger partial charge in [0.15, 0.2) is 0 Å². The van der Waals surface area contributed by atoms with Gasteiger partial charge < -0.3 is 5.32 Å². The maximum Gasteiger partial charge on any atom is 0.128 e. The van der Waals surface area contributed by atoms with Crippen molar-refractivity contribution in [2.45, 2.75) is 6.04 Å². The Morgan fingerprint density at radius 3 is 2.67 bits per heavy atom. The summed E-state index contributed by atoms with van der Waals surface area (Å²) >= 11 is 6.81. The van der Waals surface area contributed by atoms with Crippen LogP contribution >= 0.6 is 31.9 Å². The minimum absolute atomic E-state index is 0.245. The lowest BCUT2D eigenvalue weighted by Crippen LogP contribution is -2.22. The molecule has 1 N–H and O–H groups in total. The number of benzene rings is 1. The lowest BCUT2D eigenvalue weighted by molar-refractivity contribution is 0.550. The van der Waals surface area contributed by atoms with Gasteiger partial charge in [-0.15, -0.1) is 0 Å². The predicted molar refractivity (Wildman–Crippen MR) is 75.9 cm³/mol. The smallest absolute Gasteiger partial charge is 0.128 e. The van der Waals surface area contributed by atoms with E-state index in [-0.39, 0.29) is 11.9 Å². The largest absolute Gasteiger partial charge is 0.308 e. The second kappa shape index (κ2) is 5.50. The number of halogens is 3. The van der Waals surface area contributed by atoms with Gasteiger partial charge in [0.1, 0.15) is 5.82 Å². The summed E-state index contributed by atoms with van der Waals surface area (Å²) in [5.74, 6) is -0.245. The molecule has 0 saturated carbocycles. The molecule has 96 valence electrons. The van der Waals surface area contributed by atoms with E-state index in [0.29, 0.717) is 5.56 Å². The van der Waals surface area contributed by atoms with Crippen LogP contribution in [0.2, 0.25) is 0 Å². The van der Waals surface area contributed by atoms with Gasteiger partial charge in [0.25, 0.3) is 0 Å². The number of hydrogen-bond donors (Lipinski definition) is 1. The summed E-state index contributed by atoms with van der Waals surface area (Å²) in [7, 11) is 3.63. The highest BCUT2D eigenvalue weighted by molar-refractivity contribution is 9.10. The van der Waals surface area contributed by atoms with E-state index in [1.165, 1.54) is 6.07 Å². The van der Waals surface area contributed by atoms with Gasteiger partial charge in [-0.25, -0.2) is 4.39 Å². The van der Waals surface area contributed by atoms with Crippen molar-refractivity contribution in [2.24, 2.45) is 7.05 Å². The summed E-state index contributed by atoms with van der Waals surface area (Å²) in [5.41, 5.74) is 1.46. The number of aromatic nitrogens is 2. The molecule has 1 heterocycles. The fourth-order valence-electron chi connectivity index (χ4n) is 1.92. The van der Waals surface area contributed by atoms with Gasteiger partial charge >= 0.3 is 0 Å². The molecule has 1 atom stereocenters. The number of nitrogens with zero attached hydrogens (tertiary/aromatic N) is 2. The molecule has 0 aliphatic carbocycles. The SMILES string of the molecule is CNC(c1cc(Br)ccc1F)c1c(Br)cnn1C. The second-order valence-electron chi connectivity index (χ2n) is 3.89. The number of nitrogens with one attached hydrogen (secondary N) is 1.